The fourth-order valence-electron chi connectivity index (χ4n) is 1.99. The molecule has 0 unspecified atom stereocenters. The number of hydrogen-bond acceptors (Lipinski definition) is 1. The maximum absolute atomic E-state index is 13.0. The van der Waals surface area contributed by atoms with E-state index >= 15 is 0 Å². The van der Waals surface area contributed by atoms with Gasteiger partial charge in [-0.15, -0.1) is 0 Å². The number of nitrogens with one attached hydrogen (secondary N) is 1. The van der Waals surface area contributed by atoms with E-state index in [4.69, 9.17) is 11.6 Å². The minimum Gasteiger partial charge on any atom is -0.309 e. The van der Waals surface area contributed by atoms with Crippen molar-refractivity contribution in [1.82, 2.24) is 5.32 Å². The van der Waals surface area contributed by atoms with E-state index < -0.39 is 0 Å². The third kappa shape index (κ3) is 3.55. The fourth-order valence-corrected chi connectivity index (χ4v) is 2.20. The van der Waals surface area contributed by atoms with Gasteiger partial charge in [-0.25, -0.2) is 4.39 Å². The number of hydrogen-bond donors (Lipinski definition) is 1. The predicted molar refractivity (Wildman–Crippen MR) is 77.9 cm³/mol. The molecule has 0 saturated carbocycles. The molecule has 0 heterocycles. The average molecular weight is 278 g/mol. The van der Waals surface area contributed by atoms with Crippen LogP contribution in [0.5, 0.6) is 0 Å². The van der Waals surface area contributed by atoms with Crippen molar-refractivity contribution in [2.75, 3.05) is 0 Å². The van der Waals surface area contributed by atoms with Gasteiger partial charge in [-0.2, -0.15) is 0 Å². The van der Waals surface area contributed by atoms with Gasteiger partial charge in [-0.05, 0) is 48.2 Å². The molecule has 0 radical (unpaired) electrons. The van der Waals surface area contributed by atoms with Crippen molar-refractivity contribution in [2.24, 2.45) is 0 Å². The van der Waals surface area contributed by atoms with E-state index in [0.29, 0.717) is 6.54 Å². The highest BCUT2D eigenvalue weighted by Gasteiger charge is 2.02. The zero-order valence-corrected chi connectivity index (χ0v) is 11.9. The topological polar surface area (TPSA) is 12.0 Å². The van der Waals surface area contributed by atoms with Crippen LogP contribution < -0.4 is 5.32 Å². The zero-order valence-electron chi connectivity index (χ0n) is 11.1. The fraction of sp³-hybridized carbons (Fsp3) is 0.250. The van der Waals surface area contributed by atoms with Gasteiger partial charge in [-0.1, -0.05) is 35.9 Å². The van der Waals surface area contributed by atoms with E-state index in [2.05, 4.69) is 37.4 Å². The van der Waals surface area contributed by atoms with E-state index in [1.807, 2.05) is 0 Å². The maximum Gasteiger partial charge on any atom is 0.141 e. The molecule has 0 fully saturated rings. The van der Waals surface area contributed by atoms with Crippen molar-refractivity contribution < 1.29 is 4.39 Å². The summed E-state index contributed by atoms with van der Waals surface area (Å²) in [5.74, 6) is -0.375. The van der Waals surface area contributed by atoms with Gasteiger partial charge in [0.2, 0.25) is 0 Å². The van der Waals surface area contributed by atoms with Crippen LogP contribution in [0.1, 0.15) is 22.3 Å². The van der Waals surface area contributed by atoms with Crippen LogP contribution in [-0.4, -0.2) is 0 Å². The van der Waals surface area contributed by atoms with Crippen molar-refractivity contribution in [3.05, 3.63) is 69.5 Å². The third-order valence-electron chi connectivity index (χ3n) is 3.35. The van der Waals surface area contributed by atoms with Gasteiger partial charge in [0.15, 0.2) is 0 Å². The lowest BCUT2D eigenvalue weighted by Gasteiger charge is -2.10. The second-order valence-corrected chi connectivity index (χ2v) is 5.12. The lowest BCUT2D eigenvalue weighted by Crippen LogP contribution is -2.13. The van der Waals surface area contributed by atoms with Crippen molar-refractivity contribution >= 4 is 11.6 Å². The van der Waals surface area contributed by atoms with Crippen LogP contribution in [0.25, 0.3) is 0 Å². The minimum absolute atomic E-state index is 0.172. The van der Waals surface area contributed by atoms with Gasteiger partial charge in [0.25, 0.3) is 0 Å². The predicted octanol–water partition coefficient (Wildman–Crippen LogP) is 4.39. The lowest BCUT2D eigenvalue weighted by molar-refractivity contribution is 0.625. The summed E-state index contributed by atoms with van der Waals surface area (Å²) in [6, 6.07) is 11.1. The second kappa shape index (κ2) is 6.18. The highest BCUT2D eigenvalue weighted by Crippen LogP contribution is 2.16. The highest BCUT2D eigenvalue weighted by molar-refractivity contribution is 6.30. The molecule has 3 heteroatoms. The standard InChI is InChI=1S/C16H17ClFN/c1-11-4-3-5-14(12(11)2)10-19-9-13-6-7-16(18)15(17)8-13/h3-8,19H,9-10H2,1-2H3. The quantitative estimate of drug-likeness (QED) is 0.874. The van der Waals surface area contributed by atoms with Gasteiger partial charge in [0.1, 0.15) is 5.82 Å². The van der Waals surface area contributed by atoms with Crippen molar-refractivity contribution in [3.63, 3.8) is 0 Å². The molecule has 0 aliphatic rings. The molecule has 0 spiro atoms. The molecule has 2 aromatic rings. The number of benzene rings is 2. The summed E-state index contributed by atoms with van der Waals surface area (Å²) in [7, 11) is 0. The molecule has 0 amide bonds. The maximum atomic E-state index is 13.0. The van der Waals surface area contributed by atoms with Crippen LogP contribution in [-0.2, 0) is 13.1 Å². The largest absolute Gasteiger partial charge is 0.309 e. The minimum atomic E-state index is -0.375. The van der Waals surface area contributed by atoms with Crippen molar-refractivity contribution in [3.8, 4) is 0 Å². The summed E-state index contributed by atoms with van der Waals surface area (Å²) in [4.78, 5) is 0. The molecule has 100 valence electrons. The van der Waals surface area contributed by atoms with Crippen LogP contribution >= 0.6 is 11.6 Å². The Morgan fingerprint density at radius 3 is 2.63 bits per heavy atom. The van der Waals surface area contributed by atoms with Gasteiger partial charge in [0, 0.05) is 13.1 Å². The van der Waals surface area contributed by atoms with Gasteiger partial charge >= 0.3 is 0 Å². The second-order valence-electron chi connectivity index (χ2n) is 4.71. The van der Waals surface area contributed by atoms with Crippen LogP contribution in [0, 0.1) is 19.7 Å². The van der Waals surface area contributed by atoms with Gasteiger partial charge < -0.3 is 5.32 Å². The molecular formula is C16H17ClFN. The Labute approximate surface area is 118 Å². The first kappa shape index (κ1) is 14.0. The molecule has 0 aliphatic heterocycles. The molecule has 0 atom stereocenters. The molecular weight excluding hydrogens is 261 g/mol. The molecule has 1 N–H and O–H groups in total. The first-order valence-corrected chi connectivity index (χ1v) is 6.65. The van der Waals surface area contributed by atoms with E-state index in [0.717, 1.165) is 12.1 Å². The smallest absolute Gasteiger partial charge is 0.141 e. The number of halogens is 2. The highest BCUT2D eigenvalue weighted by atomic mass is 35.5. The molecule has 0 saturated heterocycles. The Bertz CT molecular complexity index is 581. The van der Waals surface area contributed by atoms with Gasteiger partial charge in [-0.3, -0.25) is 0 Å². The first-order chi connectivity index (χ1) is 9.08. The summed E-state index contributed by atoms with van der Waals surface area (Å²) in [5, 5.41) is 3.52. The SMILES string of the molecule is Cc1cccc(CNCc2ccc(F)c(Cl)c2)c1C. The molecule has 0 aliphatic carbocycles. The Kier molecular flexibility index (Phi) is 4.56. The summed E-state index contributed by atoms with van der Waals surface area (Å²) in [6.07, 6.45) is 0. The number of aryl methyl sites for hydroxylation is 1. The summed E-state index contributed by atoms with van der Waals surface area (Å²) in [5.41, 5.74) is 4.88. The summed E-state index contributed by atoms with van der Waals surface area (Å²) >= 11 is 5.75. The van der Waals surface area contributed by atoms with E-state index in [9.17, 15) is 4.39 Å². The number of rotatable bonds is 4. The molecule has 2 aromatic carbocycles. The Morgan fingerprint density at radius 1 is 1.11 bits per heavy atom. The Morgan fingerprint density at radius 2 is 1.89 bits per heavy atom. The van der Waals surface area contributed by atoms with Crippen molar-refractivity contribution in [1.29, 1.82) is 0 Å². The van der Waals surface area contributed by atoms with E-state index in [1.54, 1.807) is 12.1 Å². The Hall–Kier alpha value is -1.38. The summed E-state index contributed by atoms with van der Waals surface area (Å²) < 4.78 is 13.0. The molecule has 19 heavy (non-hydrogen) atoms. The van der Waals surface area contributed by atoms with E-state index in [1.165, 1.54) is 22.8 Å². The van der Waals surface area contributed by atoms with Crippen LogP contribution in [0.4, 0.5) is 4.39 Å². The molecule has 2 rings (SSSR count). The average Bonchev–Trinajstić information content (AvgIpc) is 2.39. The van der Waals surface area contributed by atoms with Crippen LogP contribution in [0.15, 0.2) is 36.4 Å². The zero-order chi connectivity index (χ0) is 13.8. The normalized spacial score (nSPS) is 10.7. The third-order valence-corrected chi connectivity index (χ3v) is 3.64. The monoisotopic (exact) mass is 277 g/mol. The van der Waals surface area contributed by atoms with Crippen molar-refractivity contribution in [2.45, 2.75) is 26.9 Å². The molecule has 1 nitrogen and oxygen atoms in total. The molecule has 0 bridgehead atoms. The van der Waals surface area contributed by atoms with Crippen LogP contribution in [0.3, 0.4) is 0 Å². The molecule has 0 aromatic heterocycles. The van der Waals surface area contributed by atoms with Crippen LogP contribution in [0.2, 0.25) is 5.02 Å². The van der Waals surface area contributed by atoms with E-state index in [-0.39, 0.29) is 10.8 Å². The first-order valence-electron chi connectivity index (χ1n) is 6.27. The Balaban J connectivity index is 1.96. The van der Waals surface area contributed by atoms with Gasteiger partial charge in [0.05, 0.1) is 5.02 Å². The lowest BCUT2D eigenvalue weighted by atomic mass is 10.0. The summed E-state index contributed by atoms with van der Waals surface area (Å²) in [6.45, 7) is 5.70.